The van der Waals surface area contributed by atoms with Crippen LogP contribution in [0.1, 0.15) is 72.9 Å². The Morgan fingerprint density at radius 3 is 2.32 bits per heavy atom. The first-order chi connectivity index (χ1) is 13.6. The van der Waals surface area contributed by atoms with Gasteiger partial charge in [-0.2, -0.15) is 0 Å². The summed E-state index contributed by atoms with van der Waals surface area (Å²) in [7, 11) is 0. The van der Waals surface area contributed by atoms with Crippen molar-refractivity contribution < 1.29 is 14.7 Å². The van der Waals surface area contributed by atoms with Gasteiger partial charge >= 0.3 is 5.97 Å². The Hall–Kier alpha value is -2.62. The number of hydrogen-bond acceptors (Lipinski definition) is 2. The monoisotopic (exact) mass is 381 g/mol. The fourth-order valence-electron chi connectivity index (χ4n) is 3.39. The number of carbonyl (C=O) groups is 2. The van der Waals surface area contributed by atoms with Crippen molar-refractivity contribution in [2.24, 2.45) is 0 Å². The zero-order valence-corrected chi connectivity index (χ0v) is 16.7. The molecule has 2 aromatic carbocycles. The fraction of sp³-hybridized carbons (Fsp3) is 0.417. The molecule has 0 spiro atoms. The van der Waals surface area contributed by atoms with Gasteiger partial charge in [-0.1, -0.05) is 75.1 Å². The number of carbonyl (C=O) groups excluding carboxylic acids is 1. The van der Waals surface area contributed by atoms with Gasteiger partial charge < -0.3 is 10.4 Å². The summed E-state index contributed by atoms with van der Waals surface area (Å²) in [5.74, 6) is -0.707. The summed E-state index contributed by atoms with van der Waals surface area (Å²) in [4.78, 5) is 22.7. The van der Waals surface area contributed by atoms with Crippen LogP contribution in [0.3, 0.4) is 0 Å². The molecular weight excluding hydrogens is 350 g/mol. The second-order valence-electron chi connectivity index (χ2n) is 7.26. The van der Waals surface area contributed by atoms with Crippen molar-refractivity contribution in [3.8, 4) is 0 Å². The van der Waals surface area contributed by atoms with Crippen molar-refractivity contribution in [2.45, 2.75) is 57.8 Å². The average molecular weight is 382 g/mol. The molecule has 1 unspecified atom stereocenters. The summed E-state index contributed by atoms with van der Waals surface area (Å²) in [6, 6.07) is 18.3. The number of rotatable bonds is 12. The van der Waals surface area contributed by atoms with E-state index in [0.29, 0.717) is 11.5 Å². The number of nitrogens with one attached hydrogen (secondary N) is 1. The van der Waals surface area contributed by atoms with E-state index >= 15 is 0 Å². The molecule has 0 bridgehead atoms. The molecule has 2 rings (SSSR count). The Bertz CT molecular complexity index is 725. The van der Waals surface area contributed by atoms with Gasteiger partial charge in [0.1, 0.15) is 0 Å². The van der Waals surface area contributed by atoms with Crippen molar-refractivity contribution in [1.29, 1.82) is 0 Å². The highest BCUT2D eigenvalue weighted by Crippen LogP contribution is 2.27. The molecule has 150 valence electrons. The summed E-state index contributed by atoms with van der Waals surface area (Å²) in [5, 5.41) is 11.3. The molecule has 0 aliphatic rings. The smallest absolute Gasteiger partial charge is 0.305 e. The molecule has 1 atom stereocenters. The van der Waals surface area contributed by atoms with Crippen molar-refractivity contribution in [3.63, 3.8) is 0 Å². The number of aliphatic carboxylic acids is 1. The Morgan fingerprint density at radius 2 is 1.68 bits per heavy atom. The lowest BCUT2D eigenvalue weighted by Gasteiger charge is -2.18. The molecule has 0 saturated heterocycles. The number of benzene rings is 2. The standard InChI is InChI=1S/C24H31NO3/c1-2-3-4-8-11-22(18-19-9-6-5-7-10-19)20-12-14-21(15-13-20)24(28)25-17-16-23(26)27/h5-7,9-10,12-15,22H,2-4,8,11,16-18H2,1H3,(H,25,28)(H,26,27). The van der Waals surface area contributed by atoms with Crippen LogP contribution in [0.5, 0.6) is 0 Å². The normalized spacial score (nSPS) is 11.8. The van der Waals surface area contributed by atoms with E-state index in [1.54, 1.807) is 0 Å². The fourth-order valence-corrected chi connectivity index (χ4v) is 3.39. The summed E-state index contributed by atoms with van der Waals surface area (Å²) in [6.45, 7) is 2.37. The third-order valence-corrected chi connectivity index (χ3v) is 5.00. The SMILES string of the molecule is CCCCCCC(Cc1ccccc1)c1ccc(C(=O)NCCC(=O)O)cc1. The maximum absolute atomic E-state index is 12.1. The van der Waals surface area contributed by atoms with E-state index in [2.05, 4.69) is 36.5 Å². The summed E-state index contributed by atoms with van der Waals surface area (Å²) >= 11 is 0. The third-order valence-electron chi connectivity index (χ3n) is 5.00. The van der Waals surface area contributed by atoms with Crippen LogP contribution in [0.4, 0.5) is 0 Å². The van der Waals surface area contributed by atoms with Crippen molar-refractivity contribution in [1.82, 2.24) is 5.32 Å². The largest absolute Gasteiger partial charge is 0.481 e. The molecule has 0 aliphatic heterocycles. The molecule has 0 heterocycles. The number of unbranched alkanes of at least 4 members (excludes halogenated alkanes) is 3. The van der Waals surface area contributed by atoms with Gasteiger partial charge in [-0.25, -0.2) is 0 Å². The topological polar surface area (TPSA) is 66.4 Å². The van der Waals surface area contributed by atoms with Gasteiger partial charge in [0.05, 0.1) is 6.42 Å². The quantitative estimate of drug-likeness (QED) is 0.497. The minimum Gasteiger partial charge on any atom is -0.481 e. The zero-order valence-electron chi connectivity index (χ0n) is 16.7. The number of amides is 1. The van der Waals surface area contributed by atoms with Gasteiger partial charge in [-0.15, -0.1) is 0 Å². The van der Waals surface area contributed by atoms with E-state index in [0.717, 1.165) is 12.8 Å². The van der Waals surface area contributed by atoms with E-state index in [1.165, 1.54) is 36.8 Å². The lowest BCUT2D eigenvalue weighted by molar-refractivity contribution is -0.136. The first-order valence-corrected chi connectivity index (χ1v) is 10.2. The van der Waals surface area contributed by atoms with Gasteiger partial charge in [0.2, 0.25) is 0 Å². The van der Waals surface area contributed by atoms with Gasteiger partial charge in [-0.3, -0.25) is 9.59 Å². The average Bonchev–Trinajstić information content (AvgIpc) is 2.71. The van der Waals surface area contributed by atoms with E-state index in [9.17, 15) is 9.59 Å². The van der Waals surface area contributed by atoms with Gasteiger partial charge in [0.15, 0.2) is 0 Å². The highest BCUT2D eigenvalue weighted by molar-refractivity contribution is 5.94. The van der Waals surface area contributed by atoms with Crippen LogP contribution in [-0.4, -0.2) is 23.5 Å². The summed E-state index contributed by atoms with van der Waals surface area (Å²) < 4.78 is 0. The molecule has 28 heavy (non-hydrogen) atoms. The van der Waals surface area contributed by atoms with Gasteiger partial charge in [0.25, 0.3) is 5.91 Å². The van der Waals surface area contributed by atoms with Crippen molar-refractivity contribution in [3.05, 3.63) is 71.3 Å². The van der Waals surface area contributed by atoms with Crippen molar-refractivity contribution >= 4 is 11.9 Å². The van der Waals surface area contributed by atoms with E-state index in [-0.39, 0.29) is 18.9 Å². The Kier molecular flexibility index (Phi) is 9.26. The van der Waals surface area contributed by atoms with Crippen LogP contribution in [0.25, 0.3) is 0 Å². The molecule has 4 heteroatoms. The molecule has 0 fully saturated rings. The number of carboxylic acid groups (broad SMARTS) is 1. The second-order valence-corrected chi connectivity index (χ2v) is 7.26. The molecule has 2 aromatic rings. The van der Waals surface area contributed by atoms with E-state index in [1.807, 2.05) is 30.3 Å². The minimum absolute atomic E-state index is 0.0687. The first-order valence-electron chi connectivity index (χ1n) is 10.2. The van der Waals surface area contributed by atoms with Crippen LogP contribution in [-0.2, 0) is 11.2 Å². The highest BCUT2D eigenvalue weighted by Gasteiger charge is 2.14. The maximum atomic E-state index is 12.1. The lowest BCUT2D eigenvalue weighted by atomic mass is 9.87. The number of hydrogen-bond donors (Lipinski definition) is 2. The summed E-state index contributed by atoms with van der Waals surface area (Å²) in [6.07, 6.45) is 7.04. The highest BCUT2D eigenvalue weighted by atomic mass is 16.4. The number of carboxylic acids is 1. The summed E-state index contributed by atoms with van der Waals surface area (Å²) in [5.41, 5.74) is 3.15. The third kappa shape index (κ3) is 7.55. The maximum Gasteiger partial charge on any atom is 0.305 e. The lowest BCUT2D eigenvalue weighted by Crippen LogP contribution is -2.25. The Morgan fingerprint density at radius 1 is 0.964 bits per heavy atom. The van der Waals surface area contributed by atoms with Gasteiger partial charge in [0, 0.05) is 12.1 Å². The molecule has 0 saturated carbocycles. The van der Waals surface area contributed by atoms with Crippen LogP contribution < -0.4 is 5.32 Å². The Labute approximate surface area is 168 Å². The first kappa shape index (κ1) is 21.7. The van der Waals surface area contributed by atoms with Crippen LogP contribution >= 0.6 is 0 Å². The molecule has 2 N–H and O–H groups in total. The predicted octanol–water partition coefficient (Wildman–Crippen LogP) is 5.19. The molecule has 4 nitrogen and oxygen atoms in total. The molecule has 0 aromatic heterocycles. The minimum atomic E-state index is -0.914. The van der Waals surface area contributed by atoms with E-state index < -0.39 is 5.97 Å². The molecule has 0 aliphatic carbocycles. The zero-order chi connectivity index (χ0) is 20.2. The second kappa shape index (κ2) is 12.0. The van der Waals surface area contributed by atoms with Crippen LogP contribution in [0.15, 0.2) is 54.6 Å². The van der Waals surface area contributed by atoms with Gasteiger partial charge in [-0.05, 0) is 42.0 Å². The van der Waals surface area contributed by atoms with Crippen molar-refractivity contribution in [2.75, 3.05) is 6.54 Å². The Balaban J connectivity index is 2.02. The van der Waals surface area contributed by atoms with Crippen LogP contribution in [0, 0.1) is 0 Å². The molecule has 1 amide bonds. The van der Waals surface area contributed by atoms with Crippen LogP contribution in [0.2, 0.25) is 0 Å². The molecule has 0 radical (unpaired) electrons. The predicted molar refractivity (Wildman–Crippen MR) is 113 cm³/mol. The van der Waals surface area contributed by atoms with E-state index in [4.69, 9.17) is 5.11 Å². The molecular formula is C24H31NO3.